The normalized spacial score (nSPS) is 20.6. The molecule has 1 N–H and O–H groups in total. The van der Waals surface area contributed by atoms with Gasteiger partial charge in [-0.15, -0.1) is 0 Å². The van der Waals surface area contributed by atoms with Gasteiger partial charge in [0, 0.05) is 19.1 Å². The molecule has 1 unspecified atom stereocenters. The standard InChI is InChI=1S/C13H21N3O4S2/c1-14-21(17,18)12-6-4-5-7-13(12)22(19,20)16-9-8-11(10-16)15(2)3/h4-7,11,14H,8-10H2,1-3H3. The summed E-state index contributed by atoms with van der Waals surface area (Å²) in [6.07, 6.45) is 0.729. The maximum Gasteiger partial charge on any atom is 0.244 e. The highest BCUT2D eigenvalue weighted by Crippen LogP contribution is 2.27. The third kappa shape index (κ3) is 3.18. The van der Waals surface area contributed by atoms with E-state index in [0.29, 0.717) is 13.1 Å². The molecule has 1 saturated heterocycles. The number of sulfonamides is 2. The number of likely N-dealkylation sites (N-methyl/N-ethyl adjacent to an activating group) is 1. The largest absolute Gasteiger partial charge is 0.305 e. The van der Waals surface area contributed by atoms with Crippen molar-refractivity contribution in [3.8, 4) is 0 Å². The van der Waals surface area contributed by atoms with Gasteiger partial charge in [0.05, 0.1) is 0 Å². The fraction of sp³-hybridized carbons (Fsp3) is 0.538. The second-order valence-corrected chi connectivity index (χ2v) is 9.18. The third-order valence-electron chi connectivity index (χ3n) is 3.88. The van der Waals surface area contributed by atoms with Crippen molar-refractivity contribution in [1.29, 1.82) is 0 Å². The minimum absolute atomic E-state index is 0.142. The summed E-state index contributed by atoms with van der Waals surface area (Å²) >= 11 is 0. The summed E-state index contributed by atoms with van der Waals surface area (Å²) in [4.78, 5) is 1.58. The van der Waals surface area contributed by atoms with Crippen molar-refractivity contribution in [2.24, 2.45) is 0 Å². The van der Waals surface area contributed by atoms with Crippen LogP contribution in [0.2, 0.25) is 0 Å². The van der Waals surface area contributed by atoms with Crippen LogP contribution >= 0.6 is 0 Å². The molecule has 2 rings (SSSR count). The molecule has 7 nitrogen and oxygen atoms in total. The molecule has 1 aromatic carbocycles. The molecule has 0 radical (unpaired) electrons. The molecule has 0 spiro atoms. The van der Waals surface area contributed by atoms with Gasteiger partial charge in [0.15, 0.2) is 0 Å². The molecule has 0 amide bonds. The van der Waals surface area contributed by atoms with Crippen LogP contribution in [0.25, 0.3) is 0 Å². The second kappa shape index (κ2) is 6.25. The van der Waals surface area contributed by atoms with Crippen molar-refractivity contribution in [3.05, 3.63) is 24.3 Å². The quantitative estimate of drug-likeness (QED) is 0.805. The zero-order chi connectivity index (χ0) is 16.5. The Bertz CT molecular complexity index is 744. The second-order valence-electron chi connectivity index (χ2n) is 5.42. The van der Waals surface area contributed by atoms with E-state index in [2.05, 4.69) is 4.72 Å². The Hall–Kier alpha value is -1.00. The number of hydrogen-bond donors (Lipinski definition) is 1. The number of nitrogens with zero attached hydrogens (tertiary/aromatic N) is 2. The molecule has 22 heavy (non-hydrogen) atoms. The average Bonchev–Trinajstić information content (AvgIpc) is 2.98. The van der Waals surface area contributed by atoms with Gasteiger partial charge in [-0.2, -0.15) is 4.31 Å². The Morgan fingerprint density at radius 1 is 1.14 bits per heavy atom. The minimum atomic E-state index is -3.84. The number of hydrogen-bond acceptors (Lipinski definition) is 5. The average molecular weight is 347 g/mol. The van der Waals surface area contributed by atoms with Gasteiger partial charge in [-0.25, -0.2) is 21.6 Å². The summed E-state index contributed by atoms with van der Waals surface area (Å²) < 4.78 is 53.2. The van der Waals surface area contributed by atoms with Crippen LogP contribution in [0.5, 0.6) is 0 Å². The Morgan fingerprint density at radius 3 is 2.23 bits per heavy atom. The smallest absolute Gasteiger partial charge is 0.244 e. The van der Waals surface area contributed by atoms with Crippen LogP contribution in [-0.4, -0.2) is 66.3 Å². The fourth-order valence-corrected chi connectivity index (χ4v) is 5.51. The number of rotatable bonds is 5. The molecule has 124 valence electrons. The van der Waals surface area contributed by atoms with E-state index in [9.17, 15) is 16.8 Å². The monoisotopic (exact) mass is 347 g/mol. The zero-order valence-corrected chi connectivity index (χ0v) is 14.5. The molecular formula is C13H21N3O4S2. The predicted octanol–water partition coefficient (Wildman–Crippen LogP) is -0.0807. The molecule has 0 aliphatic carbocycles. The summed E-state index contributed by atoms with van der Waals surface area (Å²) in [5, 5.41) is 0. The Balaban J connectivity index is 2.44. The lowest BCUT2D eigenvalue weighted by molar-refractivity contribution is 0.302. The highest BCUT2D eigenvalue weighted by atomic mass is 32.2. The van der Waals surface area contributed by atoms with Crippen molar-refractivity contribution >= 4 is 20.0 Å². The molecule has 0 bridgehead atoms. The molecule has 1 heterocycles. The van der Waals surface area contributed by atoms with E-state index in [4.69, 9.17) is 0 Å². The number of nitrogens with one attached hydrogen (secondary N) is 1. The molecule has 1 atom stereocenters. The van der Waals surface area contributed by atoms with Crippen LogP contribution in [0.3, 0.4) is 0 Å². The van der Waals surface area contributed by atoms with Crippen molar-refractivity contribution in [3.63, 3.8) is 0 Å². The van der Waals surface area contributed by atoms with Crippen LogP contribution in [0, 0.1) is 0 Å². The molecule has 1 aromatic rings. The van der Waals surface area contributed by atoms with E-state index in [0.717, 1.165) is 6.42 Å². The summed E-state index contributed by atoms with van der Waals surface area (Å²) in [5.74, 6) is 0. The van der Waals surface area contributed by atoms with Gasteiger partial charge >= 0.3 is 0 Å². The van der Waals surface area contributed by atoms with E-state index in [-0.39, 0.29) is 15.8 Å². The van der Waals surface area contributed by atoms with Gasteiger partial charge in [0.1, 0.15) is 9.79 Å². The molecule has 0 aromatic heterocycles. The van der Waals surface area contributed by atoms with Gasteiger partial charge in [-0.3, -0.25) is 0 Å². The van der Waals surface area contributed by atoms with Gasteiger partial charge in [0.25, 0.3) is 0 Å². The van der Waals surface area contributed by atoms with Gasteiger partial charge in [-0.05, 0) is 39.7 Å². The predicted molar refractivity (Wildman–Crippen MR) is 83.5 cm³/mol. The van der Waals surface area contributed by atoms with Crippen molar-refractivity contribution in [2.45, 2.75) is 22.3 Å². The summed E-state index contributed by atoms with van der Waals surface area (Å²) in [7, 11) is -2.61. The summed E-state index contributed by atoms with van der Waals surface area (Å²) in [6, 6.07) is 5.82. The van der Waals surface area contributed by atoms with Crippen LogP contribution in [0.15, 0.2) is 34.1 Å². The molecule has 9 heteroatoms. The Labute approximate surface area is 132 Å². The first-order chi connectivity index (χ1) is 10.2. The van der Waals surface area contributed by atoms with Crippen LogP contribution in [-0.2, 0) is 20.0 Å². The highest BCUT2D eigenvalue weighted by Gasteiger charge is 2.36. The lowest BCUT2D eigenvalue weighted by atomic mass is 10.2. The molecular weight excluding hydrogens is 326 g/mol. The zero-order valence-electron chi connectivity index (χ0n) is 12.9. The highest BCUT2D eigenvalue weighted by molar-refractivity contribution is 7.92. The van der Waals surface area contributed by atoms with E-state index in [1.807, 2.05) is 19.0 Å². The minimum Gasteiger partial charge on any atom is -0.305 e. The lowest BCUT2D eigenvalue weighted by Crippen LogP contribution is -2.35. The lowest BCUT2D eigenvalue weighted by Gasteiger charge is -2.21. The van der Waals surface area contributed by atoms with Crippen molar-refractivity contribution < 1.29 is 16.8 Å². The van der Waals surface area contributed by atoms with Crippen LogP contribution < -0.4 is 4.72 Å². The SMILES string of the molecule is CNS(=O)(=O)c1ccccc1S(=O)(=O)N1CCC(N(C)C)C1. The maximum atomic E-state index is 12.8. The number of benzene rings is 1. The molecule has 0 saturated carbocycles. The molecule has 1 aliphatic rings. The van der Waals surface area contributed by atoms with Crippen molar-refractivity contribution in [1.82, 2.24) is 13.9 Å². The molecule has 1 fully saturated rings. The van der Waals surface area contributed by atoms with Crippen LogP contribution in [0.1, 0.15) is 6.42 Å². The van der Waals surface area contributed by atoms with Gasteiger partial charge in [0.2, 0.25) is 20.0 Å². The van der Waals surface area contributed by atoms with E-state index in [1.165, 1.54) is 35.6 Å². The van der Waals surface area contributed by atoms with Crippen LogP contribution in [0.4, 0.5) is 0 Å². The third-order valence-corrected chi connectivity index (χ3v) is 7.41. The summed E-state index contributed by atoms with van der Waals surface area (Å²) in [5.41, 5.74) is 0. The van der Waals surface area contributed by atoms with E-state index < -0.39 is 20.0 Å². The first kappa shape index (κ1) is 17.4. The summed E-state index contributed by atoms with van der Waals surface area (Å²) in [6.45, 7) is 0.752. The van der Waals surface area contributed by atoms with E-state index in [1.54, 1.807) is 0 Å². The molecule has 1 aliphatic heterocycles. The first-order valence-electron chi connectivity index (χ1n) is 6.89. The maximum absolute atomic E-state index is 12.8. The van der Waals surface area contributed by atoms with Gasteiger partial charge in [-0.1, -0.05) is 12.1 Å². The van der Waals surface area contributed by atoms with Gasteiger partial charge < -0.3 is 4.90 Å². The van der Waals surface area contributed by atoms with Crippen molar-refractivity contribution in [2.75, 3.05) is 34.2 Å². The Morgan fingerprint density at radius 2 is 1.73 bits per heavy atom. The Kier molecular flexibility index (Phi) is 4.93. The van der Waals surface area contributed by atoms with E-state index >= 15 is 0 Å². The fourth-order valence-electron chi connectivity index (χ4n) is 2.48. The topological polar surface area (TPSA) is 86.8 Å². The first-order valence-corrected chi connectivity index (χ1v) is 9.81.